The highest BCUT2D eigenvalue weighted by atomic mass is 19.1. The van der Waals surface area contributed by atoms with Crippen molar-refractivity contribution in [2.75, 3.05) is 23.8 Å². The molecule has 1 saturated heterocycles. The van der Waals surface area contributed by atoms with Crippen LogP contribution in [-0.4, -0.2) is 44.7 Å². The van der Waals surface area contributed by atoms with E-state index in [1.54, 1.807) is 10.8 Å². The summed E-state index contributed by atoms with van der Waals surface area (Å²) in [5, 5.41) is 6.07. The number of ether oxygens (including phenoxy) is 1. The van der Waals surface area contributed by atoms with E-state index in [-0.39, 0.29) is 29.9 Å². The molecule has 2 aromatic heterocycles. The molecule has 0 bridgehead atoms. The molecule has 192 valence electrons. The highest BCUT2D eigenvalue weighted by Gasteiger charge is 2.30. The summed E-state index contributed by atoms with van der Waals surface area (Å²) in [7, 11) is 0. The van der Waals surface area contributed by atoms with Crippen LogP contribution in [0.1, 0.15) is 51.0 Å². The number of nitrogens with one attached hydrogen (secondary N) is 2. The van der Waals surface area contributed by atoms with Crippen molar-refractivity contribution < 1.29 is 22.7 Å². The van der Waals surface area contributed by atoms with E-state index in [4.69, 9.17) is 15.5 Å². The standard InChI is InChI=1S/C24H28F3N7O2/c25-14-10-17(26)20(18(27)11-14)32-24-31-19-12-29-23(30-15-2-1-8-36-9-7-15)33-22(19)34(24)16-5-3-13(4-6-16)21(28)35/h10-13,15-16H,1-9H2,(H2,28,35)(H,31,32)(H,29,30,33)/t13-,15?,16+. The average Bonchev–Trinajstić information content (AvgIpc) is 2.99. The summed E-state index contributed by atoms with van der Waals surface area (Å²) in [6, 6.07) is 1.23. The molecule has 36 heavy (non-hydrogen) atoms. The van der Waals surface area contributed by atoms with E-state index < -0.39 is 23.1 Å². The van der Waals surface area contributed by atoms with E-state index in [1.807, 2.05) is 0 Å². The van der Waals surface area contributed by atoms with Crippen LogP contribution < -0.4 is 16.4 Å². The van der Waals surface area contributed by atoms with Crippen LogP contribution in [0.25, 0.3) is 11.2 Å². The van der Waals surface area contributed by atoms with Crippen molar-refractivity contribution >= 4 is 34.7 Å². The lowest BCUT2D eigenvalue weighted by atomic mass is 9.85. The van der Waals surface area contributed by atoms with E-state index in [2.05, 4.69) is 20.6 Å². The molecule has 1 atom stereocenters. The van der Waals surface area contributed by atoms with Crippen molar-refractivity contribution in [2.24, 2.45) is 11.7 Å². The van der Waals surface area contributed by atoms with E-state index in [9.17, 15) is 18.0 Å². The first-order chi connectivity index (χ1) is 17.4. The molecule has 2 aliphatic rings. The van der Waals surface area contributed by atoms with Gasteiger partial charge >= 0.3 is 0 Å². The predicted octanol–water partition coefficient (Wildman–Crippen LogP) is 4.18. The molecule has 3 heterocycles. The highest BCUT2D eigenvalue weighted by molar-refractivity contribution is 5.78. The molecule has 0 radical (unpaired) electrons. The minimum atomic E-state index is -1.08. The Morgan fingerprint density at radius 3 is 2.50 bits per heavy atom. The zero-order valence-corrected chi connectivity index (χ0v) is 19.6. The minimum Gasteiger partial charge on any atom is -0.381 e. The van der Waals surface area contributed by atoms with Crippen molar-refractivity contribution in [2.45, 2.75) is 57.0 Å². The molecular formula is C24H28F3N7O2. The number of fused-ring (bicyclic) bond motifs is 1. The molecule has 2 fully saturated rings. The Kier molecular flexibility index (Phi) is 6.95. The summed E-state index contributed by atoms with van der Waals surface area (Å²) < 4.78 is 49.7. The zero-order chi connectivity index (χ0) is 25.2. The van der Waals surface area contributed by atoms with Crippen LogP contribution in [-0.2, 0) is 9.53 Å². The maximum Gasteiger partial charge on any atom is 0.224 e. The van der Waals surface area contributed by atoms with Gasteiger partial charge in [0, 0.05) is 43.3 Å². The van der Waals surface area contributed by atoms with Crippen LogP contribution in [0, 0.1) is 23.4 Å². The van der Waals surface area contributed by atoms with Gasteiger partial charge in [-0.3, -0.25) is 9.36 Å². The number of carbonyl (C=O) groups is 1. The van der Waals surface area contributed by atoms with Crippen LogP contribution in [0.3, 0.4) is 0 Å². The number of hydrogen-bond donors (Lipinski definition) is 3. The number of primary amides is 1. The number of nitrogens with two attached hydrogens (primary N) is 1. The van der Waals surface area contributed by atoms with Gasteiger partial charge in [-0.2, -0.15) is 4.98 Å². The van der Waals surface area contributed by atoms with Gasteiger partial charge < -0.3 is 21.1 Å². The summed E-state index contributed by atoms with van der Waals surface area (Å²) in [6.45, 7) is 1.38. The number of halogens is 3. The molecule has 1 aromatic carbocycles. The maximum atomic E-state index is 14.4. The van der Waals surface area contributed by atoms with Gasteiger partial charge in [0.15, 0.2) is 17.3 Å². The van der Waals surface area contributed by atoms with Crippen LogP contribution in [0.4, 0.5) is 30.8 Å². The number of rotatable bonds is 6. The summed E-state index contributed by atoms with van der Waals surface area (Å²) in [5.74, 6) is -3.14. The Hall–Kier alpha value is -3.41. The van der Waals surface area contributed by atoms with Crippen molar-refractivity contribution in [3.05, 3.63) is 35.8 Å². The molecule has 4 N–H and O–H groups in total. The fourth-order valence-electron chi connectivity index (χ4n) is 5.02. The Labute approximate surface area is 205 Å². The zero-order valence-electron chi connectivity index (χ0n) is 19.6. The lowest BCUT2D eigenvalue weighted by Gasteiger charge is -2.29. The smallest absolute Gasteiger partial charge is 0.224 e. The van der Waals surface area contributed by atoms with E-state index >= 15 is 0 Å². The Morgan fingerprint density at radius 2 is 1.78 bits per heavy atom. The Bertz CT molecular complexity index is 1230. The fraction of sp³-hybridized carbons (Fsp3) is 0.500. The van der Waals surface area contributed by atoms with E-state index in [1.165, 1.54) is 0 Å². The molecule has 1 unspecified atom stereocenters. The first-order valence-electron chi connectivity index (χ1n) is 12.2. The predicted molar refractivity (Wildman–Crippen MR) is 127 cm³/mol. The monoisotopic (exact) mass is 503 g/mol. The second-order valence-electron chi connectivity index (χ2n) is 9.37. The van der Waals surface area contributed by atoms with Crippen LogP contribution in [0.15, 0.2) is 18.3 Å². The third-order valence-electron chi connectivity index (χ3n) is 6.93. The van der Waals surface area contributed by atoms with Gasteiger partial charge in [-0.25, -0.2) is 23.1 Å². The summed E-state index contributed by atoms with van der Waals surface area (Å²) in [4.78, 5) is 25.3. The topological polar surface area (TPSA) is 120 Å². The van der Waals surface area contributed by atoms with Gasteiger partial charge in [0.05, 0.1) is 6.20 Å². The van der Waals surface area contributed by atoms with Gasteiger partial charge in [0.1, 0.15) is 17.0 Å². The average molecular weight is 504 g/mol. The normalized spacial score (nSPS) is 22.8. The Morgan fingerprint density at radius 1 is 1.03 bits per heavy atom. The van der Waals surface area contributed by atoms with Crippen molar-refractivity contribution in [3.8, 4) is 0 Å². The van der Waals surface area contributed by atoms with E-state index in [0.29, 0.717) is 61.5 Å². The molecule has 9 nitrogen and oxygen atoms in total. The van der Waals surface area contributed by atoms with Gasteiger partial charge in [-0.1, -0.05) is 0 Å². The number of aromatic nitrogens is 4. The summed E-state index contributed by atoms with van der Waals surface area (Å²) in [6.07, 6.45) is 6.62. The summed E-state index contributed by atoms with van der Waals surface area (Å²) in [5.41, 5.74) is 5.91. The lowest BCUT2D eigenvalue weighted by Crippen LogP contribution is -2.29. The first-order valence-corrected chi connectivity index (χ1v) is 12.2. The first kappa shape index (κ1) is 24.3. The maximum absolute atomic E-state index is 14.4. The second-order valence-corrected chi connectivity index (χ2v) is 9.37. The number of hydrogen-bond acceptors (Lipinski definition) is 7. The molecule has 12 heteroatoms. The van der Waals surface area contributed by atoms with Crippen molar-refractivity contribution in [1.29, 1.82) is 0 Å². The molecule has 0 spiro atoms. The van der Waals surface area contributed by atoms with Gasteiger partial charge in [0.25, 0.3) is 0 Å². The molecule has 1 saturated carbocycles. The molecule has 3 aromatic rings. The van der Waals surface area contributed by atoms with Crippen LogP contribution in [0.2, 0.25) is 0 Å². The fourth-order valence-corrected chi connectivity index (χ4v) is 5.02. The number of benzene rings is 1. The van der Waals surface area contributed by atoms with Crippen molar-refractivity contribution in [3.63, 3.8) is 0 Å². The third-order valence-corrected chi connectivity index (χ3v) is 6.93. The van der Waals surface area contributed by atoms with Crippen LogP contribution in [0.5, 0.6) is 0 Å². The number of carbonyl (C=O) groups excluding carboxylic acids is 1. The van der Waals surface area contributed by atoms with Gasteiger partial charge in [-0.15, -0.1) is 0 Å². The number of anilines is 3. The largest absolute Gasteiger partial charge is 0.381 e. The third kappa shape index (κ3) is 5.08. The van der Waals surface area contributed by atoms with Gasteiger partial charge in [-0.05, 0) is 44.9 Å². The molecule has 1 amide bonds. The molecule has 1 aliphatic heterocycles. The Balaban J connectivity index is 1.51. The lowest BCUT2D eigenvalue weighted by molar-refractivity contribution is -0.122. The second kappa shape index (κ2) is 10.3. The molecule has 1 aliphatic carbocycles. The molecular weight excluding hydrogens is 475 g/mol. The quantitative estimate of drug-likeness (QED) is 0.461. The number of imidazole rings is 1. The SMILES string of the molecule is NC(=O)[C@H]1CC[C@@H](n2c(Nc3c(F)cc(F)cc3F)nc3cnc(NC4CCCOCC4)nc32)CC1. The number of nitrogens with zero attached hydrogens (tertiary/aromatic N) is 4. The number of amides is 1. The van der Waals surface area contributed by atoms with Gasteiger partial charge in [0.2, 0.25) is 17.8 Å². The van der Waals surface area contributed by atoms with Crippen molar-refractivity contribution in [1.82, 2.24) is 19.5 Å². The van der Waals surface area contributed by atoms with E-state index in [0.717, 1.165) is 25.9 Å². The van der Waals surface area contributed by atoms with Crippen LogP contribution >= 0.6 is 0 Å². The summed E-state index contributed by atoms with van der Waals surface area (Å²) >= 11 is 0. The molecule has 5 rings (SSSR count). The minimum absolute atomic E-state index is 0.145. The highest BCUT2D eigenvalue weighted by Crippen LogP contribution is 2.37.